The fraction of sp³-hybridized carbons (Fsp3) is 0.778. The highest BCUT2D eigenvalue weighted by atomic mass is 16.3. The molecule has 3 atom stereocenters. The molecule has 0 aromatic heterocycles. The van der Waals surface area contributed by atoms with Crippen LogP contribution in [-0.4, -0.2) is 6.04 Å². The van der Waals surface area contributed by atoms with Gasteiger partial charge in [0, 0.05) is 0 Å². The molecule has 0 unspecified atom stereocenters. The van der Waals surface area contributed by atoms with Crippen LogP contribution in [0.25, 0.3) is 0 Å². The number of rotatable bonds is 2. The van der Waals surface area contributed by atoms with Crippen molar-refractivity contribution in [3.05, 3.63) is 17.6 Å². The standard InChI is InChI=1S/C9H15NO/c1-3-8-5-4-6-9(10-11)7(8)2/h3,7-9H,1,4-6H2,2H3/t7-,8+,9-/m0/s1. The zero-order valence-corrected chi connectivity index (χ0v) is 6.99. The molecule has 62 valence electrons. The monoisotopic (exact) mass is 153 g/mol. The summed E-state index contributed by atoms with van der Waals surface area (Å²) < 4.78 is 0. The van der Waals surface area contributed by atoms with Crippen LogP contribution < -0.4 is 0 Å². The maximum atomic E-state index is 10.3. The van der Waals surface area contributed by atoms with Crippen LogP contribution in [0.5, 0.6) is 0 Å². The summed E-state index contributed by atoms with van der Waals surface area (Å²) >= 11 is 0. The van der Waals surface area contributed by atoms with Crippen LogP contribution in [0.15, 0.2) is 17.8 Å². The largest absolute Gasteiger partial charge is 0.151 e. The summed E-state index contributed by atoms with van der Waals surface area (Å²) in [5, 5.41) is 3.13. The lowest BCUT2D eigenvalue weighted by Crippen LogP contribution is -2.27. The van der Waals surface area contributed by atoms with E-state index in [1.54, 1.807) is 0 Å². The molecule has 1 rings (SSSR count). The Bertz CT molecular complexity index is 140. The van der Waals surface area contributed by atoms with Gasteiger partial charge >= 0.3 is 0 Å². The molecule has 0 heterocycles. The average Bonchev–Trinajstić information content (AvgIpc) is 2.05. The zero-order valence-electron chi connectivity index (χ0n) is 6.99. The zero-order chi connectivity index (χ0) is 8.27. The van der Waals surface area contributed by atoms with Gasteiger partial charge in [-0.15, -0.1) is 6.58 Å². The first-order chi connectivity index (χ1) is 5.29. The van der Waals surface area contributed by atoms with Gasteiger partial charge in [0.2, 0.25) is 0 Å². The van der Waals surface area contributed by atoms with E-state index in [0.717, 1.165) is 12.8 Å². The molecule has 0 aromatic carbocycles. The van der Waals surface area contributed by atoms with E-state index in [0.29, 0.717) is 11.8 Å². The minimum Gasteiger partial charge on any atom is -0.151 e. The van der Waals surface area contributed by atoms with E-state index >= 15 is 0 Å². The van der Waals surface area contributed by atoms with Crippen LogP contribution >= 0.6 is 0 Å². The maximum absolute atomic E-state index is 10.3. The maximum Gasteiger partial charge on any atom is 0.0950 e. The quantitative estimate of drug-likeness (QED) is 0.443. The van der Waals surface area contributed by atoms with Crippen LogP contribution in [0.4, 0.5) is 0 Å². The number of hydrogen-bond donors (Lipinski definition) is 0. The van der Waals surface area contributed by atoms with Gasteiger partial charge in [-0.05, 0) is 24.7 Å². The fourth-order valence-corrected chi connectivity index (χ4v) is 1.86. The lowest BCUT2D eigenvalue weighted by Gasteiger charge is -2.29. The summed E-state index contributed by atoms with van der Waals surface area (Å²) in [5.74, 6) is 0.908. The third kappa shape index (κ3) is 1.67. The Labute approximate surface area is 67.7 Å². The fourth-order valence-electron chi connectivity index (χ4n) is 1.86. The van der Waals surface area contributed by atoms with Crippen molar-refractivity contribution < 1.29 is 0 Å². The molecule has 1 fully saturated rings. The van der Waals surface area contributed by atoms with E-state index in [1.165, 1.54) is 6.42 Å². The summed E-state index contributed by atoms with van der Waals surface area (Å²) in [7, 11) is 0. The van der Waals surface area contributed by atoms with E-state index < -0.39 is 0 Å². The molecule has 11 heavy (non-hydrogen) atoms. The second kappa shape index (κ2) is 3.65. The number of nitroso groups, excluding NO2 is 1. The van der Waals surface area contributed by atoms with Crippen molar-refractivity contribution in [2.45, 2.75) is 32.2 Å². The van der Waals surface area contributed by atoms with Crippen molar-refractivity contribution in [2.75, 3.05) is 0 Å². The molecule has 1 aliphatic carbocycles. The van der Waals surface area contributed by atoms with Gasteiger partial charge in [0.25, 0.3) is 0 Å². The van der Waals surface area contributed by atoms with Crippen LogP contribution in [0.2, 0.25) is 0 Å². The minimum atomic E-state index is 0.0340. The van der Waals surface area contributed by atoms with Gasteiger partial charge in [0.05, 0.1) is 6.04 Å². The lowest BCUT2D eigenvalue weighted by atomic mass is 9.77. The van der Waals surface area contributed by atoms with Crippen molar-refractivity contribution in [3.63, 3.8) is 0 Å². The number of nitrogens with zero attached hydrogens (tertiary/aromatic N) is 1. The van der Waals surface area contributed by atoms with Gasteiger partial charge in [-0.3, -0.25) is 0 Å². The Morgan fingerprint density at radius 2 is 2.27 bits per heavy atom. The second-order valence-electron chi connectivity index (χ2n) is 3.36. The van der Waals surface area contributed by atoms with Crippen LogP contribution in [-0.2, 0) is 0 Å². The van der Waals surface area contributed by atoms with E-state index in [2.05, 4.69) is 18.7 Å². The summed E-state index contributed by atoms with van der Waals surface area (Å²) in [6.45, 7) is 5.85. The van der Waals surface area contributed by atoms with Gasteiger partial charge < -0.3 is 0 Å². The van der Waals surface area contributed by atoms with E-state index in [9.17, 15) is 4.91 Å². The normalized spacial score (nSPS) is 38.1. The predicted molar refractivity (Wildman–Crippen MR) is 46.3 cm³/mol. The first-order valence-corrected chi connectivity index (χ1v) is 4.24. The summed E-state index contributed by atoms with van der Waals surface area (Å²) in [6.07, 6.45) is 5.23. The summed E-state index contributed by atoms with van der Waals surface area (Å²) in [6, 6.07) is 0.0340. The van der Waals surface area contributed by atoms with Crippen molar-refractivity contribution in [2.24, 2.45) is 17.0 Å². The van der Waals surface area contributed by atoms with E-state index in [-0.39, 0.29) is 6.04 Å². The highest BCUT2D eigenvalue weighted by molar-refractivity contribution is 4.92. The van der Waals surface area contributed by atoms with E-state index in [1.807, 2.05) is 6.08 Å². The molecule has 1 aliphatic rings. The predicted octanol–water partition coefficient (Wildman–Crippen LogP) is 2.74. The Balaban J connectivity index is 2.58. The Kier molecular flexibility index (Phi) is 2.80. The van der Waals surface area contributed by atoms with Crippen molar-refractivity contribution in [1.82, 2.24) is 0 Å². The van der Waals surface area contributed by atoms with Gasteiger partial charge in [0.15, 0.2) is 0 Å². The molecule has 0 N–H and O–H groups in total. The molecule has 0 bridgehead atoms. The molecule has 2 nitrogen and oxygen atoms in total. The third-order valence-electron chi connectivity index (χ3n) is 2.76. The average molecular weight is 153 g/mol. The molecule has 0 amide bonds. The molecular weight excluding hydrogens is 138 g/mol. The van der Waals surface area contributed by atoms with Gasteiger partial charge in [-0.25, -0.2) is 0 Å². The first-order valence-electron chi connectivity index (χ1n) is 4.24. The Morgan fingerprint density at radius 3 is 2.82 bits per heavy atom. The molecule has 0 spiro atoms. The lowest BCUT2D eigenvalue weighted by molar-refractivity contribution is 0.265. The highest BCUT2D eigenvalue weighted by Crippen LogP contribution is 2.32. The summed E-state index contributed by atoms with van der Waals surface area (Å²) in [4.78, 5) is 10.3. The number of allylic oxidation sites excluding steroid dienone is 1. The first kappa shape index (κ1) is 8.44. The Morgan fingerprint density at radius 1 is 1.55 bits per heavy atom. The van der Waals surface area contributed by atoms with Gasteiger partial charge in [-0.2, -0.15) is 4.91 Å². The SMILES string of the molecule is C=C[C@@H]1CCC[C@H](N=O)[C@H]1C. The topological polar surface area (TPSA) is 29.4 Å². The van der Waals surface area contributed by atoms with Crippen molar-refractivity contribution >= 4 is 0 Å². The van der Waals surface area contributed by atoms with Crippen molar-refractivity contribution in [1.29, 1.82) is 0 Å². The minimum absolute atomic E-state index is 0.0340. The van der Waals surface area contributed by atoms with Crippen molar-refractivity contribution in [3.8, 4) is 0 Å². The molecule has 1 saturated carbocycles. The summed E-state index contributed by atoms with van der Waals surface area (Å²) in [5.41, 5.74) is 0. The van der Waals surface area contributed by atoms with Crippen LogP contribution in [0.3, 0.4) is 0 Å². The highest BCUT2D eigenvalue weighted by Gasteiger charge is 2.28. The molecular formula is C9H15NO. The molecule has 0 aromatic rings. The van der Waals surface area contributed by atoms with Gasteiger partial charge in [-0.1, -0.05) is 24.6 Å². The van der Waals surface area contributed by atoms with Crippen LogP contribution in [0.1, 0.15) is 26.2 Å². The molecule has 0 saturated heterocycles. The molecule has 0 radical (unpaired) electrons. The smallest absolute Gasteiger partial charge is 0.0950 e. The Hall–Kier alpha value is -0.660. The second-order valence-corrected chi connectivity index (χ2v) is 3.36. The van der Waals surface area contributed by atoms with Gasteiger partial charge in [0.1, 0.15) is 0 Å². The van der Waals surface area contributed by atoms with E-state index in [4.69, 9.17) is 0 Å². The third-order valence-corrected chi connectivity index (χ3v) is 2.76. The molecule has 0 aliphatic heterocycles. The molecule has 2 heteroatoms. The van der Waals surface area contributed by atoms with Crippen LogP contribution in [0, 0.1) is 16.7 Å². The number of hydrogen-bond acceptors (Lipinski definition) is 2.